The summed E-state index contributed by atoms with van der Waals surface area (Å²) in [7, 11) is 3.36. The molecule has 3 heteroatoms. The molecule has 14 heavy (non-hydrogen) atoms. The standard InChI is InChI=1S/C11H15NO2/c1-13-9-5-6-10(14-2)11-7(9)3-4-8(11)12/h5-6,8H,3-4,12H2,1-2H3/t8-/m1/s1. The van der Waals surface area contributed by atoms with Gasteiger partial charge in [0, 0.05) is 17.2 Å². The van der Waals surface area contributed by atoms with Crippen LogP contribution in [-0.4, -0.2) is 14.2 Å². The van der Waals surface area contributed by atoms with Gasteiger partial charge in [-0.25, -0.2) is 0 Å². The summed E-state index contributed by atoms with van der Waals surface area (Å²) in [6.07, 6.45) is 1.96. The Bertz CT molecular complexity index is 349. The van der Waals surface area contributed by atoms with Crippen LogP contribution in [0.3, 0.4) is 0 Å². The van der Waals surface area contributed by atoms with Crippen LogP contribution in [0.1, 0.15) is 23.6 Å². The van der Waals surface area contributed by atoms with Crippen LogP contribution in [0.15, 0.2) is 12.1 Å². The molecule has 3 nitrogen and oxygen atoms in total. The summed E-state index contributed by atoms with van der Waals surface area (Å²) in [5, 5.41) is 0. The molecule has 2 N–H and O–H groups in total. The molecule has 0 unspecified atom stereocenters. The largest absolute Gasteiger partial charge is 0.496 e. The first kappa shape index (κ1) is 9.34. The highest BCUT2D eigenvalue weighted by atomic mass is 16.5. The van der Waals surface area contributed by atoms with Crippen LogP contribution in [-0.2, 0) is 6.42 Å². The molecule has 0 fully saturated rings. The van der Waals surface area contributed by atoms with Crippen molar-refractivity contribution < 1.29 is 9.47 Å². The average Bonchev–Trinajstić information content (AvgIpc) is 2.60. The number of fused-ring (bicyclic) bond motifs is 1. The van der Waals surface area contributed by atoms with Crippen LogP contribution in [0.4, 0.5) is 0 Å². The molecule has 0 saturated carbocycles. The topological polar surface area (TPSA) is 44.5 Å². The fraction of sp³-hybridized carbons (Fsp3) is 0.455. The van der Waals surface area contributed by atoms with Crippen molar-refractivity contribution in [1.82, 2.24) is 0 Å². The van der Waals surface area contributed by atoms with Crippen LogP contribution >= 0.6 is 0 Å². The lowest BCUT2D eigenvalue weighted by molar-refractivity contribution is 0.396. The third-order valence-corrected chi connectivity index (χ3v) is 2.79. The molecule has 0 aliphatic heterocycles. The van der Waals surface area contributed by atoms with E-state index in [1.807, 2.05) is 12.1 Å². The first-order chi connectivity index (χ1) is 6.77. The molecule has 1 aromatic carbocycles. The number of ether oxygens (including phenoxy) is 2. The first-order valence-corrected chi connectivity index (χ1v) is 4.77. The third-order valence-electron chi connectivity index (χ3n) is 2.79. The molecular weight excluding hydrogens is 178 g/mol. The Morgan fingerprint density at radius 3 is 2.50 bits per heavy atom. The van der Waals surface area contributed by atoms with Crippen LogP contribution in [0.25, 0.3) is 0 Å². The highest BCUT2D eigenvalue weighted by Crippen LogP contribution is 2.41. The second kappa shape index (κ2) is 3.50. The van der Waals surface area contributed by atoms with E-state index in [9.17, 15) is 0 Å². The van der Waals surface area contributed by atoms with Gasteiger partial charge in [0.05, 0.1) is 14.2 Å². The van der Waals surface area contributed by atoms with Gasteiger partial charge in [0.2, 0.25) is 0 Å². The number of hydrogen-bond donors (Lipinski definition) is 1. The summed E-state index contributed by atoms with van der Waals surface area (Å²) in [5.74, 6) is 1.81. The van der Waals surface area contributed by atoms with Crippen LogP contribution in [0, 0.1) is 0 Å². The van der Waals surface area contributed by atoms with Crippen molar-refractivity contribution in [2.45, 2.75) is 18.9 Å². The lowest BCUT2D eigenvalue weighted by Gasteiger charge is -2.13. The van der Waals surface area contributed by atoms with E-state index in [0.717, 1.165) is 29.9 Å². The van der Waals surface area contributed by atoms with Crippen LogP contribution < -0.4 is 15.2 Å². The number of nitrogens with two attached hydrogens (primary N) is 1. The summed E-state index contributed by atoms with van der Waals surface area (Å²) in [5.41, 5.74) is 8.34. The normalized spacial score (nSPS) is 19.2. The van der Waals surface area contributed by atoms with E-state index in [1.165, 1.54) is 5.56 Å². The van der Waals surface area contributed by atoms with Gasteiger partial charge < -0.3 is 15.2 Å². The fourth-order valence-electron chi connectivity index (χ4n) is 2.10. The molecule has 0 spiro atoms. The molecule has 76 valence electrons. The maximum atomic E-state index is 6.01. The molecule has 1 aromatic rings. The molecule has 1 atom stereocenters. The zero-order valence-electron chi connectivity index (χ0n) is 8.54. The predicted molar refractivity (Wildman–Crippen MR) is 54.8 cm³/mol. The Balaban J connectivity index is 2.56. The van der Waals surface area contributed by atoms with Crippen molar-refractivity contribution >= 4 is 0 Å². The number of rotatable bonds is 2. The summed E-state index contributed by atoms with van der Waals surface area (Å²) >= 11 is 0. The van der Waals surface area contributed by atoms with Gasteiger partial charge in [-0.2, -0.15) is 0 Å². The number of hydrogen-bond acceptors (Lipinski definition) is 3. The minimum Gasteiger partial charge on any atom is -0.496 e. The highest BCUT2D eigenvalue weighted by Gasteiger charge is 2.26. The van der Waals surface area contributed by atoms with E-state index < -0.39 is 0 Å². The molecule has 1 aliphatic carbocycles. The quantitative estimate of drug-likeness (QED) is 0.776. The van der Waals surface area contributed by atoms with Gasteiger partial charge in [-0.1, -0.05) is 0 Å². The van der Waals surface area contributed by atoms with Crippen molar-refractivity contribution in [2.24, 2.45) is 5.73 Å². The second-order valence-corrected chi connectivity index (χ2v) is 3.51. The van der Waals surface area contributed by atoms with Gasteiger partial charge in [0.25, 0.3) is 0 Å². The van der Waals surface area contributed by atoms with Crippen molar-refractivity contribution in [3.63, 3.8) is 0 Å². The highest BCUT2D eigenvalue weighted by molar-refractivity contribution is 5.52. The minimum absolute atomic E-state index is 0.0926. The van der Waals surface area contributed by atoms with Gasteiger partial charge in [0.1, 0.15) is 11.5 Å². The Labute approximate surface area is 83.8 Å². The van der Waals surface area contributed by atoms with E-state index in [0.29, 0.717) is 0 Å². The van der Waals surface area contributed by atoms with Gasteiger partial charge in [-0.3, -0.25) is 0 Å². The maximum Gasteiger partial charge on any atom is 0.124 e. The molecule has 0 radical (unpaired) electrons. The molecule has 1 aliphatic rings. The number of methoxy groups -OCH3 is 2. The molecule has 0 bridgehead atoms. The molecule has 0 saturated heterocycles. The minimum atomic E-state index is 0.0926. The SMILES string of the molecule is COc1ccc(OC)c2c1CC[C@H]2N. The number of benzene rings is 1. The van der Waals surface area contributed by atoms with Crippen molar-refractivity contribution in [1.29, 1.82) is 0 Å². The summed E-state index contributed by atoms with van der Waals surface area (Å²) in [6, 6.07) is 3.95. The van der Waals surface area contributed by atoms with E-state index in [1.54, 1.807) is 14.2 Å². The summed E-state index contributed by atoms with van der Waals surface area (Å²) in [4.78, 5) is 0. The Kier molecular flexibility index (Phi) is 2.33. The van der Waals surface area contributed by atoms with E-state index in [-0.39, 0.29) is 6.04 Å². The van der Waals surface area contributed by atoms with E-state index >= 15 is 0 Å². The molecular formula is C11H15NO2. The predicted octanol–water partition coefficient (Wildman–Crippen LogP) is 1.65. The van der Waals surface area contributed by atoms with Gasteiger partial charge >= 0.3 is 0 Å². The van der Waals surface area contributed by atoms with Crippen LogP contribution in [0.5, 0.6) is 11.5 Å². The van der Waals surface area contributed by atoms with Crippen molar-refractivity contribution in [3.05, 3.63) is 23.3 Å². The lowest BCUT2D eigenvalue weighted by Crippen LogP contribution is -2.07. The first-order valence-electron chi connectivity index (χ1n) is 4.77. The Morgan fingerprint density at radius 2 is 1.86 bits per heavy atom. The van der Waals surface area contributed by atoms with Gasteiger partial charge in [-0.15, -0.1) is 0 Å². The summed E-state index contributed by atoms with van der Waals surface area (Å²) in [6.45, 7) is 0. The molecule has 0 heterocycles. The molecule has 2 rings (SSSR count). The van der Waals surface area contributed by atoms with E-state index in [2.05, 4.69) is 0 Å². The maximum absolute atomic E-state index is 6.01. The zero-order valence-corrected chi connectivity index (χ0v) is 8.54. The van der Waals surface area contributed by atoms with Crippen LogP contribution in [0.2, 0.25) is 0 Å². The average molecular weight is 193 g/mol. The monoisotopic (exact) mass is 193 g/mol. The Hall–Kier alpha value is -1.22. The Morgan fingerprint density at radius 1 is 1.21 bits per heavy atom. The smallest absolute Gasteiger partial charge is 0.124 e. The third kappa shape index (κ3) is 1.24. The van der Waals surface area contributed by atoms with Crippen molar-refractivity contribution in [2.75, 3.05) is 14.2 Å². The van der Waals surface area contributed by atoms with Gasteiger partial charge in [-0.05, 0) is 25.0 Å². The molecule has 0 aromatic heterocycles. The summed E-state index contributed by atoms with van der Waals surface area (Å²) < 4.78 is 10.6. The zero-order chi connectivity index (χ0) is 10.1. The van der Waals surface area contributed by atoms with Gasteiger partial charge in [0.15, 0.2) is 0 Å². The molecule has 0 amide bonds. The lowest BCUT2D eigenvalue weighted by atomic mass is 10.1. The van der Waals surface area contributed by atoms with E-state index in [4.69, 9.17) is 15.2 Å². The fourth-order valence-corrected chi connectivity index (χ4v) is 2.10. The van der Waals surface area contributed by atoms with Crippen molar-refractivity contribution in [3.8, 4) is 11.5 Å². The second-order valence-electron chi connectivity index (χ2n) is 3.51.